The number of hydrogen-bond acceptors (Lipinski definition) is 6. The molecular formula is C30H31N3O4. The van der Waals surface area contributed by atoms with E-state index in [2.05, 4.69) is 27.7 Å². The van der Waals surface area contributed by atoms with Crippen molar-refractivity contribution in [3.63, 3.8) is 0 Å². The van der Waals surface area contributed by atoms with Crippen LogP contribution in [0.4, 0.5) is 11.4 Å². The average molecular weight is 498 g/mol. The molecule has 190 valence electrons. The minimum atomic E-state index is -0.450. The van der Waals surface area contributed by atoms with Crippen LogP contribution >= 0.6 is 0 Å². The molecule has 3 N–H and O–H groups in total. The Morgan fingerprint density at radius 1 is 1.03 bits per heavy atom. The molecule has 0 radical (unpaired) electrons. The quantitative estimate of drug-likeness (QED) is 0.331. The van der Waals surface area contributed by atoms with Gasteiger partial charge in [-0.2, -0.15) is 0 Å². The third kappa shape index (κ3) is 5.58. The Bertz CT molecular complexity index is 1310. The number of hydrogen-bond donors (Lipinski definition) is 3. The summed E-state index contributed by atoms with van der Waals surface area (Å²) in [6, 6.07) is 23.1. The number of esters is 1. The summed E-state index contributed by atoms with van der Waals surface area (Å²) in [6.07, 6.45) is 2.49. The zero-order chi connectivity index (χ0) is 25.8. The standard InChI is InChI=1S/C30H31N3O4/c1-37-30(36)22-9-12-25-26(19-22)32-29(35)27(25)28(21-5-3-2-4-6-21)31-23-10-7-20(8-11-23)13-16-33-17-14-24(34)15-18-33/h2-12,19,24,31,34H,13-18H2,1H3,(H,32,35). The fourth-order valence-electron chi connectivity index (χ4n) is 4.88. The van der Waals surface area contributed by atoms with Gasteiger partial charge >= 0.3 is 5.97 Å². The van der Waals surface area contributed by atoms with Gasteiger partial charge in [0.1, 0.15) is 0 Å². The van der Waals surface area contributed by atoms with Crippen LogP contribution in [0, 0.1) is 0 Å². The lowest BCUT2D eigenvalue weighted by Crippen LogP contribution is -2.37. The van der Waals surface area contributed by atoms with E-state index in [1.165, 1.54) is 12.7 Å². The van der Waals surface area contributed by atoms with Gasteiger partial charge in [0, 0.05) is 30.9 Å². The van der Waals surface area contributed by atoms with Crippen molar-refractivity contribution in [1.82, 2.24) is 4.90 Å². The van der Waals surface area contributed by atoms with Gasteiger partial charge in [0.15, 0.2) is 0 Å². The van der Waals surface area contributed by atoms with Crippen LogP contribution in [0.2, 0.25) is 0 Å². The minimum Gasteiger partial charge on any atom is -0.465 e. The number of benzene rings is 3. The van der Waals surface area contributed by atoms with Crippen molar-refractivity contribution in [3.8, 4) is 0 Å². The maximum atomic E-state index is 13.2. The molecule has 1 saturated heterocycles. The number of anilines is 2. The normalized spacial score (nSPS) is 17.2. The molecule has 37 heavy (non-hydrogen) atoms. The maximum absolute atomic E-state index is 13.2. The summed E-state index contributed by atoms with van der Waals surface area (Å²) in [5.41, 5.74) is 5.91. The van der Waals surface area contributed by atoms with Crippen LogP contribution in [0.5, 0.6) is 0 Å². The number of nitrogens with zero attached hydrogens (tertiary/aromatic N) is 1. The zero-order valence-corrected chi connectivity index (χ0v) is 20.9. The molecule has 3 aromatic rings. The summed E-state index contributed by atoms with van der Waals surface area (Å²) in [5, 5.41) is 16.1. The lowest BCUT2D eigenvalue weighted by Gasteiger charge is -2.29. The highest BCUT2D eigenvalue weighted by Crippen LogP contribution is 2.38. The third-order valence-corrected chi connectivity index (χ3v) is 6.99. The van der Waals surface area contributed by atoms with E-state index in [1.807, 2.05) is 42.5 Å². The lowest BCUT2D eigenvalue weighted by molar-refractivity contribution is -0.110. The van der Waals surface area contributed by atoms with Crippen molar-refractivity contribution < 1.29 is 19.4 Å². The van der Waals surface area contributed by atoms with Gasteiger partial charge < -0.3 is 25.4 Å². The highest BCUT2D eigenvalue weighted by molar-refractivity contribution is 6.37. The zero-order valence-electron chi connectivity index (χ0n) is 20.9. The second kappa shape index (κ2) is 11.0. The number of amides is 1. The van der Waals surface area contributed by atoms with Crippen LogP contribution in [-0.4, -0.2) is 54.7 Å². The monoisotopic (exact) mass is 497 g/mol. The van der Waals surface area contributed by atoms with E-state index in [0.717, 1.165) is 55.7 Å². The highest BCUT2D eigenvalue weighted by Gasteiger charge is 2.29. The highest BCUT2D eigenvalue weighted by atomic mass is 16.5. The Hall–Kier alpha value is -3.94. The number of ether oxygens (including phenoxy) is 1. The molecule has 5 rings (SSSR count). The first-order chi connectivity index (χ1) is 18.0. The molecular weight excluding hydrogens is 466 g/mol. The number of rotatable bonds is 7. The summed E-state index contributed by atoms with van der Waals surface area (Å²) >= 11 is 0. The maximum Gasteiger partial charge on any atom is 0.337 e. The smallest absolute Gasteiger partial charge is 0.337 e. The average Bonchev–Trinajstić information content (AvgIpc) is 3.26. The molecule has 7 heteroatoms. The fourth-order valence-corrected chi connectivity index (χ4v) is 4.88. The summed E-state index contributed by atoms with van der Waals surface area (Å²) in [7, 11) is 1.33. The predicted molar refractivity (Wildman–Crippen MR) is 145 cm³/mol. The van der Waals surface area contributed by atoms with E-state index in [0.29, 0.717) is 22.5 Å². The molecule has 0 aromatic heterocycles. The molecule has 3 aromatic carbocycles. The van der Waals surface area contributed by atoms with Gasteiger partial charge in [-0.15, -0.1) is 0 Å². The molecule has 2 aliphatic rings. The first-order valence-electron chi connectivity index (χ1n) is 12.6. The molecule has 0 unspecified atom stereocenters. The van der Waals surface area contributed by atoms with E-state index in [-0.39, 0.29) is 12.0 Å². The molecule has 0 aliphatic carbocycles. The summed E-state index contributed by atoms with van der Waals surface area (Å²) < 4.78 is 4.82. The van der Waals surface area contributed by atoms with Crippen LogP contribution in [0.25, 0.3) is 11.3 Å². The molecule has 0 bridgehead atoms. The third-order valence-electron chi connectivity index (χ3n) is 6.99. The molecule has 0 spiro atoms. The number of carbonyl (C=O) groups is 2. The van der Waals surface area contributed by atoms with Gasteiger partial charge in [-0.3, -0.25) is 4.79 Å². The van der Waals surface area contributed by atoms with Gasteiger partial charge in [-0.05, 0) is 54.7 Å². The SMILES string of the molecule is COC(=O)c1ccc2c(c1)NC(=O)C2=C(Nc1ccc(CCN2CCC(O)CC2)cc1)c1ccccc1. The molecule has 0 saturated carbocycles. The van der Waals surface area contributed by atoms with Gasteiger partial charge in [-0.1, -0.05) is 48.5 Å². The van der Waals surface area contributed by atoms with E-state index in [9.17, 15) is 14.7 Å². The lowest BCUT2D eigenvalue weighted by atomic mass is 9.99. The summed E-state index contributed by atoms with van der Waals surface area (Å²) in [4.78, 5) is 27.5. The number of methoxy groups -OCH3 is 1. The van der Waals surface area contributed by atoms with Crippen LogP contribution in [0.15, 0.2) is 72.8 Å². The van der Waals surface area contributed by atoms with E-state index >= 15 is 0 Å². The number of likely N-dealkylation sites (tertiary alicyclic amines) is 1. The first kappa shape index (κ1) is 24.7. The van der Waals surface area contributed by atoms with Crippen molar-refractivity contribution in [2.45, 2.75) is 25.4 Å². The number of piperidine rings is 1. The number of aliphatic hydroxyl groups excluding tert-OH is 1. The van der Waals surface area contributed by atoms with E-state index in [4.69, 9.17) is 4.74 Å². The number of nitrogens with one attached hydrogen (secondary N) is 2. The van der Waals surface area contributed by atoms with Crippen LogP contribution < -0.4 is 10.6 Å². The number of aliphatic hydroxyl groups is 1. The van der Waals surface area contributed by atoms with Gasteiger partial charge in [0.2, 0.25) is 0 Å². The Morgan fingerprint density at radius 3 is 2.46 bits per heavy atom. The summed E-state index contributed by atoms with van der Waals surface area (Å²) in [5.74, 6) is -0.680. The predicted octanol–water partition coefficient (Wildman–Crippen LogP) is 4.40. The number of fused-ring (bicyclic) bond motifs is 1. The van der Waals surface area contributed by atoms with Crippen LogP contribution in [-0.2, 0) is 16.0 Å². The molecule has 0 atom stereocenters. The molecule has 1 fully saturated rings. The van der Waals surface area contributed by atoms with Gasteiger partial charge in [0.05, 0.1) is 35.7 Å². The van der Waals surface area contributed by atoms with Gasteiger partial charge in [-0.25, -0.2) is 4.79 Å². The molecule has 1 amide bonds. The number of carbonyl (C=O) groups excluding carboxylic acids is 2. The van der Waals surface area contributed by atoms with Gasteiger partial charge in [0.25, 0.3) is 5.91 Å². The Kier molecular flexibility index (Phi) is 7.35. The van der Waals surface area contributed by atoms with Crippen LogP contribution in [0.1, 0.15) is 39.9 Å². The first-order valence-corrected chi connectivity index (χ1v) is 12.6. The Morgan fingerprint density at radius 2 is 1.76 bits per heavy atom. The van der Waals surface area contributed by atoms with E-state index in [1.54, 1.807) is 18.2 Å². The van der Waals surface area contributed by atoms with Crippen molar-refractivity contribution in [1.29, 1.82) is 0 Å². The molecule has 2 heterocycles. The summed E-state index contributed by atoms with van der Waals surface area (Å²) in [6.45, 7) is 2.86. The fraction of sp³-hybridized carbons (Fsp3) is 0.267. The second-order valence-corrected chi connectivity index (χ2v) is 9.47. The van der Waals surface area contributed by atoms with Crippen molar-refractivity contribution >= 4 is 34.5 Å². The largest absolute Gasteiger partial charge is 0.465 e. The van der Waals surface area contributed by atoms with Crippen LogP contribution in [0.3, 0.4) is 0 Å². The molecule has 2 aliphatic heterocycles. The Balaban J connectivity index is 1.40. The van der Waals surface area contributed by atoms with Crippen molar-refractivity contribution in [2.24, 2.45) is 0 Å². The second-order valence-electron chi connectivity index (χ2n) is 9.47. The topological polar surface area (TPSA) is 90.9 Å². The Labute approximate surface area is 216 Å². The molecule has 7 nitrogen and oxygen atoms in total. The van der Waals surface area contributed by atoms with Crippen molar-refractivity contribution in [3.05, 3.63) is 95.1 Å². The van der Waals surface area contributed by atoms with Crippen molar-refractivity contribution in [2.75, 3.05) is 37.4 Å². The van der Waals surface area contributed by atoms with E-state index < -0.39 is 5.97 Å². The minimum absolute atomic E-state index is 0.154.